The molecule has 2 nitrogen and oxygen atoms in total. The molecule has 0 radical (unpaired) electrons. The summed E-state index contributed by atoms with van der Waals surface area (Å²) in [4.78, 5) is 0. The number of aromatic nitrogens is 2. The van der Waals surface area contributed by atoms with E-state index >= 15 is 0 Å². The minimum absolute atomic E-state index is 0.953. The zero-order chi connectivity index (χ0) is 18.8. The van der Waals surface area contributed by atoms with E-state index in [1.807, 2.05) is 0 Å². The van der Waals surface area contributed by atoms with Gasteiger partial charge in [-0.05, 0) is 71.1 Å². The average molecular weight is 361 g/mol. The number of benzene rings is 4. The van der Waals surface area contributed by atoms with E-state index in [0.29, 0.717) is 0 Å². The van der Waals surface area contributed by atoms with Crippen molar-refractivity contribution in [3.63, 3.8) is 0 Å². The summed E-state index contributed by atoms with van der Waals surface area (Å²) >= 11 is 0. The molecule has 1 aromatic heterocycles. The monoisotopic (exact) mass is 361 g/mol. The number of rotatable bonds is 0. The molecule has 4 aromatic carbocycles. The Bertz CT molecular complexity index is 1410. The summed E-state index contributed by atoms with van der Waals surface area (Å²) in [6, 6.07) is 29.1. The second kappa shape index (κ2) is 5.56. The normalized spacial score (nSPS) is 12.5. The van der Waals surface area contributed by atoms with Crippen LogP contribution in [0.25, 0.3) is 38.9 Å². The Morgan fingerprint density at radius 2 is 1.71 bits per heavy atom. The fourth-order valence-corrected chi connectivity index (χ4v) is 4.80. The fraction of sp³-hybridized carbons (Fsp3) is 0.115. The van der Waals surface area contributed by atoms with Gasteiger partial charge in [0.15, 0.2) is 11.0 Å². The first-order valence-electron chi connectivity index (χ1n) is 9.82. The zero-order valence-electron chi connectivity index (χ0n) is 16.1. The predicted molar refractivity (Wildman–Crippen MR) is 115 cm³/mol. The van der Waals surface area contributed by atoms with Crippen molar-refractivity contribution < 1.29 is 4.57 Å². The second-order valence-electron chi connectivity index (χ2n) is 7.86. The third-order valence-corrected chi connectivity index (χ3v) is 6.13. The minimum atomic E-state index is 0.953. The van der Waals surface area contributed by atoms with Gasteiger partial charge < -0.3 is 0 Å². The molecule has 0 amide bonds. The number of hydrogen-bond acceptors (Lipinski definition) is 0. The second-order valence-corrected chi connectivity index (χ2v) is 7.86. The van der Waals surface area contributed by atoms with Gasteiger partial charge in [-0.2, -0.15) is 4.57 Å². The van der Waals surface area contributed by atoms with E-state index in [1.165, 1.54) is 55.6 Å². The Kier molecular flexibility index (Phi) is 3.10. The molecule has 4 bridgehead atoms. The van der Waals surface area contributed by atoms with Gasteiger partial charge in [0.05, 0.1) is 12.6 Å². The molecule has 5 aromatic rings. The van der Waals surface area contributed by atoms with Gasteiger partial charge in [0, 0.05) is 0 Å². The van der Waals surface area contributed by atoms with Gasteiger partial charge in [0.25, 0.3) is 5.82 Å². The summed E-state index contributed by atoms with van der Waals surface area (Å²) < 4.78 is 4.75. The highest BCUT2D eigenvalue weighted by Crippen LogP contribution is 2.34. The summed E-state index contributed by atoms with van der Waals surface area (Å²) in [5.41, 5.74) is 9.05. The molecule has 0 saturated carbocycles. The summed E-state index contributed by atoms with van der Waals surface area (Å²) in [7, 11) is 2.18. The molecule has 0 spiro atoms. The molecule has 1 aliphatic rings. The fourth-order valence-electron chi connectivity index (χ4n) is 4.80. The van der Waals surface area contributed by atoms with E-state index in [9.17, 15) is 0 Å². The van der Waals surface area contributed by atoms with Crippen LogP contribution in [0.2, 0.25) is 0 Å². The van der Waals surface area contributed by atoms with E-state index in [4.69, 9.17) is 0 Å². The summed E-state index contributed by atoms with van der Waals surface area (Å²) in [5.74, 6) is 1.23. The quantitative estimate of drug-likeness (QED) is 0.316. The number of para-hydroxylation sites is 2. The maximum atomic E-state index is 2.42. The van der Waals surface area contributed by atoms with Crippen LogP contribution < -0.4 is 4.57 Å². The summed E-state index contributed by atoms with van der Waals surface area (Å²) in [6.45, 7) is 2.23. The lowest BCUT2D eigenvalue weighted by Crippen LogP contribution is -2.30. The van der Waals surface area contributed by atoms with Crippen LogP contribution in [0.1, 0.15) is 16.7 Å². The topological polar surface area (TPSA) is 8.81 Å². The van der Waals surface area contributed by atoms with Gasteiger partial charge in [-0.1, -0.05) is 48.5 Å². The SMILES string of the molecule is Cc1cc2cccc3c2cc1-c1n(c2ccccc2[n+]1C)-c1cccc(c1)C3. The van der Waals surface area contributed by atoms with E-state index < -0.39 is 0 Å². The molecule has 2 heteroatoms. The highest BCUT2D eigenvalue weighted by atomic mass is 15.2. The molecule has 28 heavy (non-hydrogen) atoms. The van der Waals surface area contributed by atoms with Gasteiger partial charge in [-0.3, -0.25) is 0 Å². The molecule has 134 valence electrons. The van der Waals surface area contributed by atoms with Gasteiger partial charge in [0.2, 0.25) is 0 Å². The number of fused-ring (bicyclic) bond motifs is 8. The number of nitrogens with zero attached hydrogens (tertiary/aromatic N) is 2. The van der Waals surface area contributed by atoms with Gasteiger partial charge in [0.1, 0.15) is 5.69 Å². The van der Waals surface area contributed by atoms with Crippen LogP contribution >= 0.6 is 0 Å². The highest BCUT2D eigenvalue weighted by molar-refractivity contribution is 5.92. The molecule has 0 aliphatic carbocycles. The Hall–Kier alpha value is -3.39. The molecular formula is C26H21N2+. The third-order valence-electron chi connectivity index (χ3n) is 6.13. The van der Waals surface area contributed by atoms with E-state index in [2.05, 4.69) is 102 Å². The standard InChI is InChI=1S/C26H21N2/c1-17-13-19-8-6-9-20-14-18-7-5-10-21(15-18)28-25-12-4-3-11-24(25)27(2)26(28)22(17)16-23(19)20/h3-13,15-16H,14H2,1-2H3/q+1. The molecule has 6 rings (SSSR count). The lowest BCUT2D eigenvalue weighted by atomic mass is 9.93. The average Bonchev–Trinajstić information content (AvgIpc) is 3.00. The van der Waals surface area contributed by atoms with Gasteiger partial charge >= 0.3 is 0 Å². The highest BCUT2D eigenvalue weighted by Gasteiger charge is 2.28. The van der Waals surface area contributed by atoms with Crippen molar-refractivity contribution in [3.05, 3.63) is 95.6 Å². The van der Waals surface area contributed by atoms with Crippen molar-refractivity contribution in [2.75, 3.05) is 0 Å². The first-order chi connectivity index (χ1) is 13.7. The van der Waals surface area contributed by atoms with Gasteiger partial charge in [-0.15, -0.1) is 0 Å². The smallest absolute Gasteiger partial charge is 0.225 e. The number of aryl methyl sites for hydroxylation is 2. The molecule has 0 atom stereocenters. The van der Waals surface area contributed by atoms with Crippen molar-refractivity contribution in [1.82, 2.24) is 4.57 Å². The summed E-state index contributed by atoms with van der Waals surface area (Å²) in [5, 5.41) is 2.67. The zero-order valence-corrected chi connectivity index (χ0v) is 16.1. The van der Waals surface area contributed by atoms with Crippen molar-refractivity contribution in [2.45, 2.75) is 13.3 Å². The maximum Gasteiger partial charge on any atom is 0.295 e. The van der Waals surface area contributed by atoms with Gasteiger partial charge in [-0.25, -0.2) is 4.57 Å². The molecule has 0 fully saturated rings. The van der Waals surface area contributed by atoms with Crippen molar-refractivity contribution in [2.24, 2.45) is 7.05 Å². The lowest BCUT2D eigenvalue weighted by Gasteiger charge is -2.14. The summed E-state index contributed by atoms with van der Waals surface area (Å²) in [6.07, 6.45) is 0.953. The first-order valence-corrected chi connectivity index (χ1v) is 9.82. The van der Waals surface area contributed by atoms with E-state index in [1.54, 1.807) is 0 Å². The molecule has 0 unspecified atom stereocenters. The van der Waals surface area contributed by atoms with Crippen LogP contribution in [-0.4, -0.2) is 4.57 Å². The van der Waals surface area contributed by atoms with Crippen LogP contribution in [0.5, 0.6) is 0 Å². The van der Waals surface area contributed by atoms with E-state index in [-0.39, 0.29) is 0 Å². The van der Waals surface area contributed by atoms with E-state index in [0.717, 1.165) is 6.42 Å². The van der Waals surface area contributed by atoms with Crippen LogP contribution in [0, 0.1) is 6.92 Å². The van der Waals surface area contributed by atoms with Crippen molar-refractivity contribution >= 4 is 21.8 Å². The third kappa shape index (κ3) is 2.06. The Balaban J connectivity index is 1.88. The Labute approximate surface area is 164 Å². The van der Waals surface area contributed by atoms with Crippen LogP contribution in [0.4, 0.5) is 0 Å². The lowest BCUT2D eigenvalue weighted by molar-refractivity contribution is -0.633. The largest absolute Gasteiger partial charge is 0.295 e. The Morgan fingerprint density at radius 1 is 0.857 bits per heavy atom. The number of hydrogen-bond donors (Lipinski definition) is 0. The molecule has 0 saturated heterocycles. The van der Waals surface area contributed by atoms with Crippen LogP contribution in [0.15, 0.2) is 78.9 Å². The molecule has 1 aliphatic heterocycles. The number of imidazole rings is 1. The molecule has 0 N–H and O–H groups in total. The molecular weight excluding hydrogens is 340 g/mol. The molecule has 2 heterocycles. The van der Waals surface area contributed by atoms with Crippen molar-refractivity contribution in [1.29, 1.82) is 0 Å². The Morgan fingerprint density at radius 3 is 2.64 bits per heavy atom. The predicted octanol–water partition coefficient (Wildman–Crippen LogP) is 5.49. The van der Waals surface area contributed by atoms with Crippen LogP contribution in [0.3, 0.4) is 0 Å². The first kappa shape index (κ1) is 15.6. The van der Waals surface area contributed by atoms with Crippen molar-refractivity contribution in [3.8, 4) is 17.1 Å². The minimum Gasteiger partial charge on any atom is -0.225 e. The van der Waals surface area contributed by atoms with Crippen LogP contribution in [-0.2, 0) is 13.5 Å². The maximum absolute atomic E-state index is 2.42.